The van der Waals surface area contributed by atoms with E-state index in [1.807, 2.05) is 49.6 Å². The van der Waals surface area contributed by atoms with E-state index in [-0.39, 0.29) is 35.7 Å². The molecule has 2 fully saturated rings. The number of benzene rings is 3. The van der Waals surface area contributed by atoms with Crippen molar-refractivity contribution in [2.75, 3.05) is 27.3 Å². The van der Waals surface area contributed by atoms with Gasteiger partial charge in [0, 0.05) is 13.1 Å². The Morgan fingerprint density at radius 2 is 1.00 bits per heavy atom. The average Bonchev–Trinajstić information content (AvgIpc) is 4.07. The Balaban J connectivity index is 1.09. The van der Waals surface area contributed by atoms with Gasteiger partial charge in [0.05, 0.1) is 48.4 Å². The van der Waals surface area contributed by atoms with Gasteiger partial charge in [-0.1, -0.05) is 90.8 Å². The highest BCUT2D eigenvalue weighted by atomic mass is 16.5. The lowest BCUT2D eigenvalue weighted by Crippen LogP contribution is -2.51. The molecule has 2 aliphatic rings. The number of carbonyl (C=O) groups excluding carboxylic acids is 4. The number of aromatic nitrogens is 4. The Morgan fingerprint density at radius 1 is 0.633 bits per heavy atom. The summed E-state index contributed by atoms with van der Waals surface area (Å²) in [6, 6.07) is 18.9. The summed E-state index contributed by atoms with van der Waals surface area (Å²) in [5, 5.41) is 5.48. The van der Waals surface area contributed by atoms with Crippen molar-refractivity contribution in [3.63, 3.8) is 0 Å². The summed E-state index contributed by atoms with van der Waals surface area (Å²) in [7, 11) is 2.60. The number of H-pyrrole nitrogens is 2. The molecule has 5 aromatic rings. The number of likely N-dealkylation sites (tertiary alicyclic amines) is 2. The minimum Gasteiger partial charge on any atom is -0.453 e. The number of amides is 4. The van der Waals surface area contributed by atoms with Crippen LogP contribution in [0.4, 0.5) is 9.59 Å². The van der Waals surface area contributed by atoms with Gasteiger partial charge < -0.3 is 39.9 Å². The van der Waals surface area contributed by atoms with Crippen LogP contribution in [0.3, 0.4) is 0 Å². The van der Waals surface area contributed by atoms with Gasteiger partial charge in [-0.25, -0.2) is 19.6 Å². The van der Waals surface area contributed by atoms with Gasteiger partial charge in [-0.15, -0.1) is 0 Å². The zero-order valence-corrected chi connectivity index (χ0v) is 35.9. The van der Waals surface area contributed by atoms with Crippen molar-refractivity contribution in [3.05, 3.63) is 72.3 Å². The van der Waals surface area contributed by atoms with Gasteiger partial charge in [0.2, 0.25) is 11.8 Å². The van der Waals surface area contributed by atoms with Crippen molar-refractivity contribution < 1.29 is 28.7 Å². The van der Waals surface area contributed by atoms with Crippen molar-refractivity contribution >= 4 is 46.1 Å². The largest absolute Gasteiger partial charge is 0.453 e. The molecule has 14 heteroatoms. The van der Waals surface area contributed by atoms with Crippen LogP contribution in [0.1, 0.15) is 91.0 Å². The van der Waals surface area contributed by atoms with Crippen LogP contribution in [0.2, 0.25) is 0 Å². The van der Waals surface area contributed by atoms with E-state index in [1.165, 1.54) is 14.2 Å². The van der Waals surface area contributed by atoms with Gasteiger partial charge >= 0.3 is 12.2 Å². The predicted molar refractivity (Wildman–Crippen MR) is 231 cm³/mol. The lowest BCUT2D eigenvalue weighted by molar-refractivity contribution is -0.136. The fourth-order valence-electron chi connectivity index (χ4n) is 8.78. The van der Waals surface area contributed by atoms with Gasteiger partial charge in [0.25, 0.3) is 0 Å². The van der Waals surface area contributed by atoms with E-state index in [2.05, 4.69) is 83.0 Å². The molecule has 4 heterocycles. The summed E-state index contributed by atoms with van der Waals surface area (Å²) in [6.45, 7) is 13.1. The maximum Gasteiger partial charge on any atom is 0.407 e. The maximum atomic E-state index is 13.9. The Bertz CT molecular complexity index is 2190. The van der Waals surface area contributed by atoms with Crippen molar-refractivity contribution in [2.45, 2.75) is 91.4 Å². The molecular formula is C46H58N8O6. The highest BCUT2D eigenvalue weighted by Gasteiger charge is 2.42. The number of hydrogen-bond acceptors (Lipinski definition) is 8. The first-order chi connectivity index (χ1) is 28.8. The third-order valence-corrected chi connectivity index (χ3v) is 12.5. The fourth-order valence-corrected chi connectivity index (χ4v) is 8.78. The molecule has 4 amide bonds. The van der Waals surface area contributed by atoms with Crippen molar-refractivity contribution in [2.24, 2.45) is 23.7 Å². The summed E-state index contributed by atoms with van der Waals surface area (Å²) >= 11 is 0. The molecular weight excluding hydrogens is 761 g/mol. The smallest absolute Gasteiger partial charge is 0.407 e. The van der Waals surface area contributed by atoms with E-state index >= 15 is 0 Å². The zero-order valence-electron chi connectivity index (χ0n) is 35.9. The van der Waals surface area contributed by atoms with E-state index in [1.54, 1.807) is 0 Å². The molecule has 0 saturated carbocycles. The lowest BCUT2D eigenvalue weighted by atomic mass is 10.00. The molecule has 0 aliphatic carbocycles. The number of aromatic amines is 2. The summed E-state index contributed by atoms with van der Waals surface area (Å²) in [5.41, 5.74) is 7.56. The number of nitrogens with zero attached hydrogens (tertiary/aromatic N) is 4. The summed E-state index contributed by atoms with van der Waals surface area (Å²) in [4.78, 5) is 72.8. The molecule has 14 nitrogen and oxygen atoms in total. The first-order valence-corrected chi connectivity index (χ1v) is 21.2. The number of fused-ring (bicyclic) bond motifs is 2. The highest BCUT2D eigenvalue weighted by molar-refractivity contribution is 5.88. The van der Waals surface area contributed by atoms with Crippen LogP contribution in [-0.2, 0) is 19.1 Å². The molecule has 0 unspecified atom stereocenters. The molecule has 0 radical (unpaired) electrons. The van der Waals surface area contributed by atoms with Crippen molar-refractivity contribution in [1.82, 2.24) is 40.4 Å². The molecule has 2 aliphatic heterocycles. The Hall–Kier alpha value is -5.92. The first-order valence-electron chi connectivity index (χ1n) is 21.2. The lowest BCUT2D eigenvalue weighted by Gasteiger charge is -2.30. The van der Waals surface area contributed by atoms with Crippen LogP contribution in [0.5, 0.6) is 0 Å². The zero-order chi connectivity index (χ0) is 42.8. The first kappa shape index (κ1) is 42.2. The van der Waals surface area contributed by atoms with Crippen LogP contribution in [-0.4, -0.2) is 93.1 Å². The van der Waals surface area contributed by atoms with E-state index in [0.717, 1.165) is 81.7 Å². The van der Waals surface area contributed by atoms with Crippen molar-refractivity contribution in [1.29, 1.82) is 0 Å². The van der Waals surface area contributed by atoms with E-state index in [0.29, 0.717) is 24.9 Å². The SMILES string of the molecule is CC[C@H]1C[C@@H](c2nc3cc(-c4ccc(-c5ccc6[nH]c([C@@H]7C[C@H](CC)CN7C(=O)[C@@H](NC(=O)OC)C(C)C)nc6c5)cc4)ccc3[nH]2)N(C(=O)[C@@H](NC(=O)OC)C(C)C)C1. The van der Waals surface area contributed by atoms with Crippen LogP contribution in [0.15, 0.2) is 60.7 Å². The van der Waals surface area contributed by atoms with Crippen LogP contribution in [0, 0.1) is 23.7 Å². The molecule has 0 bridgehead atoms. The second kappa shape index (κ2) is 17.7. The van der Waals surface area contributed by atoms with E-state index in [9.17, 15) is 19.2 Å². The number of carbonyl (C=O) groups is 4. The number of imidazole rings is 2. The van der Waals surface area contributed by atoms with Gasteiger partial charge in [0.1, 0.15) is 23.7 Å². The minimum absolute atomic E-state index is 0.119. The van der Waals surface area contributed by atoms with Crippen LogP contribution in [0.25, 0.3) is 44.3 Å². The Morgan fingerprint density at radius 3 is 1.33 bits per heavy atom. The summed E-state index contributed by atoms with van der Waals surface area (Å²) in [5.74, 6) is 1.63. The van der Waals surface area contributed by atoms with Crippen molar-refractivity contribution in [3.8, 4) is 22.3 Å². The molecule has 2 saturated heterocycles. The van der Waals surface area contributed by atoms with Gasteiger partial charge in [-0.3, -0.25) is 9.59 Å². The molecule has 6 atom stereocenters. The van der Waals surface area contributed by atoms with E-state index < -0.39 is 24.3 Å². The second-order valence-electron chi connectivity index (χ2n) is 17.0. The van der Waals surface area contributed by atoms with Crippen LogP contribution < -0.4 is 10.6 Å². The Kier molecular flexibility index (Phi) is 12.5. The van der Waals surface area contributed by atoms with E-state index in [4.69, 9.17) is 19.4 Å². The quantitative estimate of drug-likeness (QED) is 0.0976. The number of methoxy groups -OCH3 is 2. The minimum atomic E-state index is -0.705. The highest BCUT2D eigenvalue weighted by Crippen LogP contribution is 2.39. The summed E-state index contributed by atoms with van der Waals surface area (Å²) in [6.07, 6.45) is 2.21. The molecule has 318 valence electrons. The molecule has 0 spiro atoms. The van der Waals surface area contributed by atoms with Crippen LogP contribution >= 0.6 is 0 Å². The standard InChI is InChI=1S/C46H58N8O6/c1-9-27-19-37(53(23-27)43(55)39(25(3)4)51-45(57)59-7)41-47-33-17-15-31(21-35(33)49-41)29-11-13-30(14-12-29)32-16-18-34-36(22-32)50-42(48-34)38-20-28(10-2)24-54(38)44(56)40(26(5)6)52-46(58)60-8/h11-18,21-22,25-28,37-40H,9-10,19-20,23-24H2,1-8H3,(H,47,49)(H,48,50)(H,51,57)(H,52,58)/t27-,28-,37-,38-,39-,40-/m0/s1. The third kappa shape index (κ3) is 8.55. The number of hydrogen-bond donors (Lipinski definition) is 4. The monoisotopic (exact) mass is 818 g/mol. The number of alkyl carbamates (subject to hydrolysis) is 2. The topological polar surface area (TPSA) is 175 Å². The average molecular weight is 819 g/mol. The Labute approximate surface area is 351 Å². The third-order valence-electron chi connectivity index (χ3n) is 12.5. The normalized spacial score (nSPS) is 20.2. The molecule has 60 heavy (non-hydrogen) atoms. The predicted octanol–water partition coefficient (Wildman–Crippen LogP) is 8.13. The van der Waals surface area contributed by atoms with Gasteiger partial charge in [0.15, 0.2) is 0 Å². The molecule has 4 N–H and O–H groups in total. The number of rotatable bonds is 12. The second-order valence-corrected chi connectivity index (χ2v) is 17.0. The van der Waals surface area contributed by atoms with Gasteiger partial charge in [-0.05, 0) is 83.0 Å². The summed E-state index contributed by atoms with van der Waals surface area (Å²) < 4.78 is 9.64. The molecule has 2 aromatic heterocycles. The molecule has 3 aromatic carbocycles. The maximum absolute atomic E-state index is 13.9. The fraction of sp³-hybridized carbons (Fsp3) is 0.478. The molecule has 7 rings (SSSR count). The number of ether oxygens (including phenoxy) is 2. The van der Waals surface area contributed by atoms with Gasteiger partial charge in [-0.2, -0.15) is 0 Å². The number of nitrogens with one attached hydrogen (secondary N) is 4.